The molecule has 2 heteroatoms. The topological polar surface area (TPSA) is 26.3 Å². The Labute approximate surface area is 111 Å². The SMILES string of the molecule is CC(=O)OC[C@@H](C)[C@H]1CC[C@H]2[C@@H](C)CCC[C@]12C. The third-order valence-electron chi connectivity index (χ3n) is 5.78. The Morgan fingerprint density at radius 2 is 2.11 bits per heavy atom. The lowest BCUT2D eigenvalue weighted by molar-refractivity contribution is -0.143. The van der Waals surface area contributed by atoms with Crippen molar-refractivity contribution in [1.82, 2.24) is 0 Å². The highest BCUT2D eigenvalue weighted by Crippen LogP contribution is 2.59. The predicted octanol–water partition coefficient (Wildman–Crippen LogP) is 4.04. The summed E-state index contributed by atoms with van der Waals surface area (Å²) in [6, 6.07) is 0. The molecule has 0 amide bonds. The zero-order valence-corrected chi connectivity index (χ0v) is 12.4. The summed E-state index contributed by atoms with van der Waals surface area (Å²) in [6.45, 7) is 9.31. The second-order valence-electron chi connectivity index (χ2n) is 6.95. The molecule has 2 nitrogen and oxygen atoms in total. The van der Waals surface area contributed by atoms with E-state index in [1.54, 1.807) is 0 Å². The van der Waals surface area contributed by atoms with Gasteiger partial charge in [0.25, 0.3) is 0 Å². The van der Waals surface area contributed by atoms with E-state index in [-0.39, 0.29) is 5.97 Å². The number of fused-ring (bicyclic) bond motifs is 1. The Hall–Kier alpha value is -0.530. The molecule has 104 valence electrons. The lowest BCUT2D eigenvalue weighted by Crippen LogP contribution is -2.39. The van der Waals surface area contributed by atoms with E-state index in [0.29, 0.717) is 17.9 Å². The molecule has 0 radical (unpaired) electrons. The number of ether oxygens (including phenoxy) is 1. The van der Waals surface area contributed by atoms with Crippen molar-refractivity contribution in [2.45, 2.75) is 59.8 Å². The van der Waals surface area contributed by atoms with Crippen LogP contribution in [0.15, 0.2) is 0 Å². The van der Waals surface area contributed by atoms with Crippen LogP contribution in [0.25, 0.3) is 0 Å². The first kappa shape index (κ1) is 13.9. The lowest BCUT2D eigenvalue weighted by atomic mass is 9.60. The molecule has 0 aromatic carbocycles. The van der Waals surface area contributed by atoms with Gasteiger partial charge in [-0.25, -0.2) is 0 Å². The molecule has 18 heavy (non-hydrogen) atoms. The van der Waals surface area contributed by atoms with Gasteiger partial charge in [0.15, 0.2) is 0 Å². The van der Waals surface area contributed by atoms with Gasteiger partial charge in [0.2, 0.25) is 0 Å². The van der Waals surface area contributed by atoms with Gasteiger partial charge in [-0.3, -0.25) is 4.79 Å². The summed E-state index contributed by atoms with van der Waals surface area (Å²) >= 11 is 0. The summed E-state index contributed by atoms with van der Waals surface area (Å²) in [6.07, 6.45) is 6.87. The molecule has 2 rings (SSSR count). The molecular weight excluding hydrogens is 224 g/mol. The van der Waals surface area contributed by atoms with Crippen LogP contribution in [-0.4, -0.2) is 12.6 Å². The van der Waals surface area contributed by atoms with Gasteiger partial charge >= 0.3 is 5.97 Å². The minimum Gasteiger partial charge on any atom is -0.466 e. The lowest BCUT2D eigenvalue weighted by Gasteiger charge is -2.45. The second kappa shape index (κ2) is 5.22. The first-order valence-corrected chi connectivity index (χ1v) is 7.58. The largest absolute Gasteiger partial charge is 0.466 e. The monoisotopic (exact) mass is 252 g/mol. The molecule has 0 aromatic rings. The van der Waals surface area contributed by atoms with Crippen LogP contribution in [-0.2, 0) is 9.53 Å². The Morgan fingerprint density at radius 3 is 2.78 bits per heavy atom. The van der Waals surface area contributed by atoms with Crippen molar-refractivity contribution in [3.8, 4) is 0 Å². The van der Waals surface area contributed by atoms with E-state index in [0.717, 1.165) is 17.8 Å². The highest BCUT2D eigenvalue weighted by atomic mass is 16.5. The molecule has 0 aliphatic heterocycles. The predicted molar refractivity (Wildman–Crippen MR) is 73.1 cm³/mol. The van der Waals surface area contributed by atoms with Gasteiger partial charge in [-0.15, -0.1) is 0 Å². The van der Waals surface area contributed by atoms with E-state index in [9.17, 15) is 4.79 Å². The Balaban J connectivity index is 2.03. The van der Waals surface area contributed by atoms with Crippen molar-refractivity contribution in [1.29, 1.82) is 0 Å². The molecule has 0 saturated heterocycles. The fourth-order valence-corrected chi connectivity index (χ4v) is 4.90. The number of hydrogen-bond acceptors (Lipinski definition) is 2. The maximum atomic E-state index is 11.0. The van der Waals surface area contributed by atoms with Gasteiger partial charge in [-0.1, -0.05) is 33.6 Å². The molecule has 0 aromatic heterocycles. The van der Waals surface area contributed by atoms with E-state index in [1.807, 2.05) is 0 Å². The molecule has 0 N–H and O–H groups in total. The number of hydrogen-bond donors (Lipinski definition) is 0. The normalized spacial score (nSPS) is 41.2. The standard InChI is InChI=1S/C16H28O2/c1-11-6-5-9-16(4)14(11)7-8-15(16)12(2)10-18-13(3)17/h11-12,14-15H,5-10H2,1-4H3/t11-,12+,14-,15+,16-/m0/s1. The quantitative estimate of drug-likeness (QED) is 0.709. The van der Waals surface area contributed by atoms with E-state index in [4.69, 9.17) is 4.74 Å². The summed E-state index contributed by atoms with van der Waals surface area (Å²) in [7, 11) is 0. The van der Waals surface area contributed by atoms with E-state index in [1.165, 1.54) is 39.0 Å². The minimum atomic E-state index is -0.140. The highest BCUT2D eigenvalue weighted by molar-refractivity contribution is 5.65. The van der Waals surface area contributed by atoms with Gasteiger partial charge in [0.05, 0.1) is 6.61 Å². The van der Waals surface area contributed by atoms with Crippen LogP contribution in [0.3, 0.4) is 0 Å². The van der Waals surface area contributed by atoms with Crippen molar-refractivity contribution >= 4 is 5.97 Å². The third-order valence-corrected chi connectivity index (χ3v) is 5.78. The van der Waals surface area contributed by atoms with Crippen LogP contribution in [0.5, 0.6) is 0 Å². The van der Waals surface area contributed by atoms with E-state index >= 15 is 0 Å². The Bertz CT molecular complexity index is 312. The van der Waals surface area contributed by atoms with Crippen LogP contribution < -0.4 is 0 Å². The van der Waals surface area contributed by atoms with Crippen molar-refractivity contribution in [2.75, 3.05) is 6.61 Å². The maximum Gasteiger partial charge on any atom is 0.302 e. The summed E-state index contributed by atoms with van der Waals surface area (Å²) in [5.41, 5.74) is 0.497. The van der Waals surface area contributed by atoms with Gasteiger partial charge in [-0.2, -0.15) is 0 Å². The van der Waals surface area contributed by atoms with Crippen LogP contribution in [0.4, 0.5) is 0 Å². The fourth-order valence-electron chi connectivity index (χ4n) is 4.90. The minimum absolute atomic E-state index is 0.140. The molecule has 0 heterocycles. The van der Waals surface area contributed by atoms with Crippen LogP contribution in [0.2, 0.25) is 0 Å². The van der Waals surface area contributed by atoms with Gasteiger partial charge < -0.3 is 4.74 Å². The van der Waals surface area contributed by atoms with Gasteiger partial charge in [0.1, 0.15) is 0 Å². The van der Waals surface area contributed by atoms with Crippen LogP contribution in [0, 0.1) is 29.1 Å². The van der Waals surface area contributed by atoms with Gasteiger partial charge in [0, 0.05) is 6.92 Å². The van der Waals surface area contributed by atoms with Crippen molar-refractivity contribution in [3.05, 3.63) is 0 Å². The van der Waals surface area contributed by atoms with Crippen molar-refractivity contribution < 1.29 is 9.53 Å². The second-order valence-corrected chi connectivity index (χ2v) is 6.95. The average molecular weight is 252 g/mol. The molecule has 5 atom stereocenters. The molecule has 2 aliphatic carbocycles. The van der Waals surface area contributed by atoms with Gasteiger partial charge in [-0.05, 0) is 48.3 Å². The molecule has 0 spiro atoms. The fraction of sp³-hybridized carbons (Fsp3) is 0.938. The molecule has 2 aliphatic rings. The smallest absolute Gasteiger partial charge is 0.302 e. The first-order chi connectivity index (χ1) is 8.45. The maximum absolute atomic E-state index is 11.0. The zero-order valence-electron chi connectivity index (χ0n) is 12.4. The average Bonchev–Trinajstić information content (AvgIpc) is 2.64. The third kappa shape index (κ3) is 2.44. The van der Waals surface area contributed by atoms with Crippen molar-refractivity contribution in [3.63, 3.8) is 0 Å². The Kier molecular flexibility index (Phi) is 4.03. The van der Waals surface area contributed by atoms with E-state index < -0.39 is 0 Å². The molecule has 0 bridgehead atoms. The molecule has 2 saturated carbocycles. The van der Waals surface area contributed by atoms with Crippen LogP contribution in [0.1, 0.15) is 59.8 Å². The summed E-state index contributed by atoms with van der Waals surface area (Å²) in [4.78, 5) is 11.0. The molecule has 2 fully saturated rings. The number of esters is 1. The zero-order chi connectivity index (χ0) is 13.3. The van der Waals surface area contributed by atoms with Crippen LogP contribution >= 0.6 is 0 Å². The number of carbonyl (C=O) groups is 1. The summed E-state index contributed by atoms with van der Waals surface area (Å²) in [5.74, 6) is 2.89. The Morgan fingerprint density at radius 1 is 1.39 bits per heavy atom. The van der Waals surface area contributed by atoms with Crippen molar-refractivity contribution in [2.24, 2.45) is 29.1 Å². The molecule has 0 unspecified atom stereocenters. The van der Waals surface area contributed by atoms with E-state index in [2.05, 4.69) is 20.8 Å². The summed E-state index contributed by atoms with van der Waals surface area (Å²) < 4.78 is 5.23. The first-order valence-electron chi connectivity index (χ1n) is 7.58. The highest BCUT2D eigenvalue weighted by Gasteiger charge is 2.51. The summed E-state index contributed by atoms with van der Waals surface area (Å²) in [5, 5.41) is 0. The number of rotatable bonds is 3. The number of carbonyl (C=O) groups excluding carboxylic acids is 1. The molecular formula is C16H28O2.